The van der Waals surface area contributed by atoms with Gasteiger partial charge in [0.1, 0.15) is 19.3 Å². The van der Waals surface area contributed by atoms with Gasteiger partial charge in [-0.1, -0.05) is 248 Å². The van der Waals surface area contributed by atoms with Crippen molar-refractivity contribution in [3.63, 3.8) is 0 Å². The molecule has 0 aromatic heterocycles. The molecule has 384 valence electrons. The minimum Gasteiger partial charge on any atom is -0.463 e. The lowest BCUT2D eigenvalue weighted by Gasteiger charge is -2.18. The van der Waals surface area contributed by atoms with Crippen molar-refractivity contribution in [1.29, 1.82) is 0 Å². The first-order chi connectivity index (χ1) is 32.6. The Labute approximate surface area is 411 Å². The summed E-state index contributed by atoms with van der Waals surface area (Å²) in [5, 5.41) is 0. The van der Waals surface area contributed by atoms with E-state index in [1.54, 1.807) is 0 Å². The molecule has 5 heteroatoms. The topological polar surface area (TPSA) is 61.8 Å². The average molecular weight is 924 g/mol. The van der Waals surface area contributed by atoms with Gasteiger partial charge in [0.15, 0.2) is 0 Å². The van der Waals surface area contributed by atoms with E-state index in [1.807, 2.05) is 0 Å². The maximum absolute atomic E-state index is 12.7. The first-order valence-corrected chi connectivity index (χ1v) is 28.8. The molecule has 0 fully saturated rings. The summed E-state index contributed by atoms with van der Waals surface area (Å²) in [5.74, 6) is -0.372. The number of hydrogen-bond acceptors (Lipinski definition) is 5. The van der Waals surface area contributed by atoms with Crippen molar-refractivity contribution in [3.05, 3.63) is 60.8 Å². The highest BCUT2D eigenvalue weighted by Crippen LogP contribution is 2.16. The molecule has 0 aliphatic heterocycles. The van der Waals surface area contributed by atoms with Gasteiger partial charge in [0.05, 0.1) is 0 Å². The number of allylic oxidation sites excluding steroid dienone is 10. The molecule has 0 aromatic carbocycles. The van der Waals surface area contributed by atoms with Crippen molar-refractivity contribution in [2.24, 2.45) is 0 Å². The lowest BCUT2D eigenvalue weighted by atomic mass is 10.0. The molecule has 0 bridgehead atoms. The Bertz CT molecular complexity index is 1130. The Morgan fingerprint density at radius 3 is 0.955 bits per heavy atom. The van der Waals surface area contributed by atoms with E-state index in [-0.39, 0.29) is 25.2 Å². The predicted octanol–water partition coefficient (Wildman–Crippen LogP) is 19.7. The fraction of sp³-hybridized carbons (Fsp3) is 0.803. The first kappa shape index (κ1) is 63.6. The van der Waals surface area contributed by atoms with Gasteiger partial charge in [-0.2, -0.15) is 0 Å². The molecule has 5 nitrogen and oxygen atoms in total. The zero-order valence-electron chi connectivity index (χ0n) is 44.2. The van der Waals surface area contributed by atoms with Gasteiger partial charge in [-0.15, -0.1) is 0 Å². The minimum atomic E-state index is -0.417. The Morgan fingerprint density at radius 1 is 0.318 bits per heavy atom. The van der Waals surface area contributed by atoms with Gasteiger partial charge >= 0.3 is 11.9 Å². The Balaban J connectivity index is 4.29. The number of hydrogen-bond donors (Lipinski definition) is 0. The van der Waals surface area contributed by atoms with Crippen molar-refractivity contribution in [2.75, 3.05) is 19.8 Å². The molecule has 0 saturated heterocycles. The molecule has 0 heterocycles. The van der Waals surface area contributed by atoms with Crippen molar-refractivity contribution in [2.45, 2.75) is 297 Å². The third-order valence-electron chi connectivity index (χ3n) is 12.6. The van der Waals surface area contributed by atoms with Crippen LogP contribution in [0.4, 0.5) is 0 Å². The minimum absolute atomic E-state index is 0.138. The van der Waals surface area contributed by atoms with E-state index in [1.165, 1.54) is 193 Å². The summed E-state index contributed by atoms with van der Waals surface area (Å²) in [6.07, 6.45) is 72.6. The van der Waals surface area contributed by atoms with Crippen LogP contribution in [0.3, 0.4) is 0 Å². The summed E-state index contributed by atoms with van der Waals surface area (Å²) in [7, 11) is 0. The van der Waals surface area contributed by atoms with Crippen LogP contribution in [0, 0.1) is 0 Å². The number of carbonyl (C=O) groups is 2. The largest absolute Gasteiger partial charge is 0.463 e. The van der Waals surface area contributed by atoms with Crippen LogP contribution in [0.5, 0.6) is 0 Å². The van der Waals surface area contributed by atoms with E-state index < -0.39 is 6.10 Å². The number of unbranched alkanes of at least 4 members (excludes halogenated alkanes) is 32. The van der Waals surface area contributed by atoms with Gasteiger partial charge in [-0.3, -0.25) is 9.59 Å². The van der Waals surface area contributed by atoms with Crippen molar-refractivity contribution in [3.8, 4) is 0 Å². The average Bonchev–Trinajstić information content (AvgIpc) is 3.32. The van der Waals surface area contributed by atoms with E-state index in [0.717, 1.165) is 64.2 Å². The molecular weight excluding hydrogens is 813 g/mol. The molecule has 0 saturated carbocycles. The van der Waals surface area contributed by atoms with E-state index in [9.17, 15) is 9.59 Å². The highest BCUT2D eigenvalue weighted by atomic mass is 16.6. The molecule has 1 atom stereocenters. The second kappa shape index (κ2) is 56.9. The number of ether oxygens (including phenoxy) is 3. The molecule has 0 unspecified atom stereocenters. The lowest BCUT2D eigenvalue weighted by molar-refractivity contribution is -0.155. The van der Waals surface area contributed by atoms with Gasteiger partial charge < -0.3 is 14.2 Å². The van der Waals surface area contributed by atoms with Crippen LogP contribution in [0.25, 0.3) is 0 Å². The highest BCUT2D eigenvalue weighted by Gasteiger charge is 2.16. The summed E-state index contributed by atoms with van der Waals surface area (Å²) < 4.78 is 17.5. The smallest absolute Gasteiger partial charge is 0.305 e. The highest BCUT2D eigenvalue weighted by molar-refractivity contribution is 5.69. The van der Waals surface area contributed by atoms with Crippen LogP contribution in [0.1, 0.15) is 290 Å². The zero-order chi connectivity index (χ0) is 47.7. The van der Waals surface area contributed by atoms with Gasteiger partial charge in [0.25, 0.3) is 0 Å². The quantitative estimate of drug-likeness (QED) is 0.0346. The summed E-state index contributed by atoms with van der Waals surface area (Å²) in [5.41, 5.74) is 0. The molecule has 66 heavy (non-hydrogen) atoms. The standard InChI is InChI=1S/C61H110O5/c1-4-7-10-13-16-19-22-25-28-30-31-32-34-37-40-43-46-49-52-55-61(63)66-58-59(64-56-53-50-47-44-41-38-35-29-26-23-20-17-14-11-8-5-2)57-65-60(62)54-51-48-45-42-39-36-33-27-24-21-18-15-12-9-6-3/h16,18-19,21,25,27-28,33,39,42,59H,4-15,17,20,22-24,26,29-32,34-38,40-41,43-58H2,1-3H3/b19-16-,21-18-,28-25-,33-27-,42-39-/t59-/m0/s1. The lowest BCUT2D eigenvalue weighted by Crippen LogP contribution is -2.29. The molecule has 0 aromatic rings. The van der Waals surface area contributed by atoms with Gasteiger partial charge in [-0.05, 0) is 89.9 Å². The van der Waals surface area contributed by atoms with E-state index in [0.29, 0.717) is 19.4 Å². The van der Waals surface area contributed by atoms with Crippen molar-refractivity contribution >= 4 is 11.9 Å². The third kappa shape index (κ3) is 54.2. The summed E-state index contributed by atoms with van der Waals surface area (Å²) in [4.78, 5) is 25.3. The number of carbonyl (C=O) groups excluding carboxylic acids is 2. The van der Waals surface area contributed by atoms with Crippen LogP contribution in [0.2, 0.25) is 0 Å². The normalized spacial score (nSPS) is 12.6. The monoisotopic (exact) mass is 923 g/mol. The summed E-state index contributed by atoms with van der Waals surface area (Å²) in [6, 6.07) is 0. The summed E-state index contributed by atoms with van der Waals surface area (Å²) >= 11 is 0. The van der Waals surface area contributed by atoms with Crippen molar-refractivity contribution < 1.29 is 23.8 Å². The Morgan fingerprint density at radius 2 is 0.576 bits per heavy atom. The molecule has 0 radical (unpaired) electrons. The molecular formula is C61H110O5. The SMILES string of the molecule is CCCCC/C=C\C/C=C\C/C=C\CCCCC(=O)OC[C@@H](COC(=O)CCCCCCCCCCC/C=C\C/C=C\CCCCC)OCCCCCCCCCCCCCCCCCC. The van der Waals surface area contributed by atoms with Crippen LogP contribution >= 0.6 is 0 Å². The fourth-order valence-corrected chi connectivity index (χ4v) is 8.17. The van der Waals surface area contributed by atoms with E-state index in [4.69, 9.17) is 14.2 Å². The zero-order valence-corrected chi connectivity index (χ0v) is 44.2. The predicted molar refractivity (Wildman–Crippen MR) is 288 cm³/mol. The summed E-state index contributed by atoms with van der Waals surface area (Å²) in [6.45, 7) is 7.67. The van der Waals surface area contributed by atoms with Gasteiger partial charge in [-0.25, -0.2) is 0 Å². The van der Waals surface area contributed by atoms with Crippen LogP contribution < -0.4 is 0 Å². The molecule has 0 aliphatic carbocycles. The Hall–Kier alpha value is -2.40. The number of rotatable bonds is 53. The maximum atomic E-state index is 12.7. The number of esters is 2. The fourth-order valence-electron chi connectivity index (χ4n) is 8.17. The maximum Gasteiger partial charge on any atom is 0.305 e. The molecule has 0 aliphatic rings. The molecule has 0 spiro atoms. The second-order valence-corrected chi connectivity index (χ2v) is 19.2. The van der Waals surface area contributed by atoms with E-state index >= 15 is 0 Å². The van der Waals surface area contributed by atoms with Crippen LogP contribution in [0.15, 0.2) is 60.8 Å². The Kier molecular flexibility index (Phi) is 54.9. The van der Waals surface area contributed by atoms with Crippen molar-refractivity contribution in [1.82, 2.24) is 0 Å². The first-order valence-electron chi connectivity index (χ1n) is 28.8. The molecule has 0 amide bonds. The van der Waals surface area contributed by atoms with Gasteiger partial charge in [0, 0.05) is 19.4 Å². The van der Waals surface area contributed by atoms with Gasteiger partial charge in [0.2, 0.25) is 0 Å². The second-order valence-electron chi connectivity index (χ2n) is 19.2. The third-order valence-corrected chi connectivity index (χ3v) is 12.6. The molecule has 0 N–H and O–H groups in total. The van der Waals surface area contributed by atoms with Crippen LogP contribution in [-0.2, 0) is 23.8 Å². The van der Waals surface area contributed by atoms with E-state index in [2.05, 4.69) is 81.5 Å². The van der Waals surface area contributed by atoms with Crippen LogP contribution in [-0.4, -0.2) is 37.9 Å². The molecule has 0 rings (SSSR count).